The molecule has 5 nitrogen and oxygen atoms in total. The summed E-state index contributed by atoms with van der Waals surface area (Å²) in [5.74, 6) is 0.686. The fraction of sp³-hybridized carbons (Fsp3) is 0.0667. The van der Waals surface area contributed by atoms with Crippen molar-refractivity contribution in [2.75, 3.05) is 6.61 Å². The smallest absolute Gasteiger partial charge is 0.341 e. The van der Waals surface area contributed by atoms with Gasteiger partial charge in [0.1, 0.15) is 11.4 Å². The van der Waals surface area contributed by atoms with Gasteiger partial charge in [-0.3, -0.25) is 0 Å². The van der Waals surface area contributed by atoms with Crippen LogP contribution in [0.4, 0.5) is 0 Å². The molecule has 0 aliphatic heterocycles. The van der Waals surface area contributed by atoms with E-state index in [1.54, 1.807) is 6.07 Å². The average molecular weight is 462 g/mol. The van der Waals surface area contributed by atoms with Gasteiger partial charge in [0.15, 0.2) is 12.4 Å². The first kappa shape index (κ1) is 22.2. The molecule has 35 heavy (non-hydrogen) atoms. The summed E-state index contributed by atoms with van der Waals surface area (Å²) in [5, 5.41) is 8.97. The van der Waals surface area contributed by atoms with Gasteiger partial charge in [-0.05, 0) is 41.8 Å². The van der Waals surface area contributed by atoms with E-state index in [9.17, 15) is 4.79 Å². The number of hydrogen-bond donors (Lipinski definition) is 1. The van der Waals surface area contributed by atoms with Crippen LogP contribution < -0.4 is 4.74 Å². The SMILES string of the molecule is Cc1cccc(-c2nc(-c3ccccc3)c(-c3ccccc3)o2)c1-c1cccc(OCC(=O)O)c1. The summed E-state index contributed by atoms with van der Waals surface area (Å²) in [7, 11) is 0. The highest BCUT2D eigenvalue weighted by atomic mass is 16.5. The molecule has 0 aliphatic carbocycles. The monoisotopic (exact) mass is 461 g/mol. The molecule has 0 amide bonds. The molecule has 0 saturated carbocycles. The standard InChI is InChI=1S/C30H23NO4/c1-20-10-8-17-25(27(20)23-15-9-16-24(18-23)34-19-26(32)33)30-31-28(21-11-4-2-5-12-21)29(35-30)22-13-6-3-7-14-22/h2-18H,19H2,1H3,(H,32,33). The highest BCUT2D eigenvalue weighted by Gasteiger charge is 2.21. The van der Waals surface area contributed by atoms with Crippen LogP contribution in [0, 0.1) is 6.92 Å². The van der Waals surface area contributed by atoms with Crippen LogP contribution in [0.15, 0.2) is 108 Å². The number of aliphatic carboxylic acids is 1. The Labute approximate surface area is 203 Å². The zero-order chi connectivity index (χ0) is 24.2. The number of aromatic nitrogens is 1. The molecule has 1 aromatic heterocycles. The maximum Gasteiger partial charge on any atom is 0.341 e. The van der Waals surface area contributed by atoms with E-state index in [0.29, 0.717) is 17.4 Å². The van der Waals surface area contributed by atoms with E-state index < -0.39 is 12.6 Å². The zero-order valence-corrected chi connectivity index (χ0v) is 19.1. The highest BCUT2D eigenvalue weighted by Crippen LogP contribution is 2.40. The van der Waals surface area contributed by atoms with Crippen molar-refractivity contribution in [3.05, 3.63) is 109 Å². The van der Waals surface area contributed by atoms with Crippen LogP contribution in [0.25, 0.3) is 45.2 Å². The molecule has 0 unspecified atom stereocenters. The molecule has 0 radical (unpaired) electrons. The van der Waals surface area contributed by atoms with Crippen LogP contribution in [0.5, 0.6) is 5.75 Å². The quantitative estimate of drug-likeness (QED) is 0.279. The molecule has 0 fully saturated rings. The average Bonchev–Trinajstić information content (AvgIpc) is 3.34. The molecule has 0 saturated heterocycles. The molecule has 0 atom stereocenters. The van der Waals surface area contributed by atoms with E-state index in [1.807, 2.05) is 104 Å². The Morgan fingerprint density at radius 1 is 0.829 bits per heavy atom. The van der Waals surface area contributed by atoms with Gasteiger partial charge in [-0.1, -0.05) is 84.9 Å². The lowest BCUT2D eigenvalue weighted by Gasteiger charge is -2.12. The Morgan fingerprint density at radius 3 is 2.20 bits per heavy atom. The molecule has 5 aromatic rings. The van der Waals surface area contributed by atoms with E-state index in [0.717, 1.165) is 39.1 Å². The maximum atomic E-state index is 10.9. The van der Waals surface area contributed by atoms with Crippen LogP contribution in [0.1, 0.15) is 5.56 Å². The molecule has 0 aliphatic rings. The lowest BCUT2D eigenvalue weighted by atomic mass is 9.95. The van der Waals surface area contributed by atoms with Gasteiger partial charge in [-0.15, -0.1) is 0 Å². The zero-order valence-electron chi connectivity index (χ0n) is 19.1. The van der Waals surface area contributed by atoms with Gasteiger partial charge in [0, 0.05) is 16.7 Å². The fourth-order valence-corrected chi connectivity index (χ4v) is 4.13. The minimum atomic E-state index is -1.02. The van der Waals surface area contributed by atoms with Crippen LogP contribution in [0.3, 0.4) is 0 Å². The first-order valence-corrected chi connectivity index (χ1v) is 11.3. The van der Waals surface area contributed by atoms with Crippen molar-refractivity contribution in [2.45, 2.75) is 6.92 Å². The number of rotatable bonds is 7. The van der Waals surface area contributed by atoms with Crippen molar-refractivity contribution >= 4 is 5.97 Å². The van der Waals surface area contributed by atoms with E-state index >= 15 is 0 Å². The summed E-state index contributed by atoms with van der Waals surface area (Å²) in [5.41, 5.74) is 6.43. The molecule has 0 spiro atoms. The first-order valence-electron chi connectivity index (χ1n) is 11.3. The maximum absolute atomic E-state index is 10.9. The third-order valence-corrected chi connectivity index (χ3v) is 5.70. The van der Waals surface area contributed by atoms with Crippen molar-refractivity contribution in [2.24, 2.45) is 0 Å². The second-order valence-corrected chi connectivity index (χ2v) is 8.14. The molecule has 4 aromatic carbocycles. The lowest BCUT2D eigenvalue weighted by Crippen LogP contribution is -2.09. The van der Waals surface area contributed by atoms with Crippen LogP contribution in [-0.2, 0) is 4.79 Å². The predicted octanol–water partition coefficient (Wildman–Crippen LogP) is 7.11. The van der Waals surface area contributed by atoms with Crippen LogP contribution in [-0.4, -0.2) is 22.7 Å². The Balaban J connectivity index is 1.66. The third-order valence-electron chi connectivity index (χ3n) is 5.70. The summed E-state index contributed by atoms with van der Waals surface area (Å²) in [4.78, 5) is 15.9. The second-order valence-electron chi connectivity index (χ2n) is 8.14. The molecule has 1 heterocycles. The van der Waals surface area contributed by atoms with Crippen molar-refractivity contribution in [3.8, 4) is 50.9 Å². The molecule has 1 N–H and O–H groups in total. The predicted molar refractivity (Wildman–Crippen MR) is 136 cm³/mol. The highest BCUT2D eigenvalue weighted by molar-refractivity contribution is 5.86. The number of carbonyl (C=O) groups is 1. The molecule has 0 bridgehead atoms. The van der Waals surface area contributed by atoms with E-state index in [1.165, 1.54) is 0 Å². The van der Waals surface area contributed by atoms with Crippen molar-refractivity contribution in [1.29, 1.82) is 0 Å². The summed E-state index contributed by atoms with van der Waals surface area (Å²) >= 11 is 0. The molecule has 5 rings (SSSR count). The summed E-state index contributed by atoms with van der Waals surface area (Å²) in [6.45, 7) is 1.63. The topological polar surface area (TPSA) is 72.6 Å². The van der Waals surface area contributed by atoms with Gasteiger partial charge in [0.05, 0.1) is 0 Å². The number of aryl methyl sites for hydroxylation is 1. The number of oxazole rings is 1. The summed E-state index contributed by atoms with van der Waals surface area (Å²) in [6.07, 6.45) is 0. The van der Waals surface area contributed by atoms with Crippen molar-refractivity contribution < 1.29 is 19.1 Å². The number of ether oxygens (including phenoxy) is 1. The van der Waals surface area contributed by atoms with Gasteiger partial charge < -0.3 is 14.3 Å². The molecule has 172 valence electrons. The number of carboxylic acid groups (broad SMARTS) is 1. The lowest BCUT2D eigenvalue weighted by molar-refractivity contribution is -0.139. The Hall–Kier alpha value is -4.64. The normalized spacial score (nSPS) is 10.8. The van der Waals surface area contributed by atoms with Crippen LogP contribution >= 0.6 is 0 Å². The molecular formula is C30H23NO4. The van der Waals surface area contributed by atoms with Gasteiger partial charge in [0.25, 0.3) is 0 Å². The van der Waals surface area contributed by atoms with Gasteiger partial charge >= 0.3 is 5.97 Å². The Morgan fingerprint density at radius 2 is 1.49 bits per heavy atom. The fourth-order valence-electron chi connectivity index (χ4n) is 4.13. The van der Waals surface area contributed by atoms with E-state index in [4.69, 9.17) is 19.2 Å². The van der Waals surface area contributed by atoms with Gasteiger partial charge in [-0.2, -0.15) is 0 Å². The Bertz CT molecular complexity index is 1420. The second kappa shape index (κ2) is 9.69. The minimum absolute atomic E-state index is 0.398. The number of carboxylic acids is 1. The van der Waals surface area contributed by atoms with E-state index in [-0.39, 0.29) is 0 Å². The van der Waals surface area contributed by atoms with Crippen molar-refractivity contribution in [1.82, 2.24) is 4.98 Å². The molecular weight excluding hydrogens is 438 g/mol. The number of nitrogens with zero attached hydrogens (tertiary/aromatic N) is 1. The van der Waals surface area contributed by atoms with Crippen molar-refractivity contribution in [3.63, 3.8) is 0 Å². The minimum Gasteiger partial charge on any atom is -0.482 e. The van der Waals surface area contributed by atoms with E-state index in [2.05, 4.69) is 0 Å². The summed E-state index contributed by atoms with van der Waals surface area (Å²) in [6, 6.07) is 33.4. The number of hydrogen-bond acceptors (Lipinski definition) is 4. The van der Waals surface area contributed by atoms with Crippen LogP contribution in [0.2, 0.25) is 0 Å². The number of benzene rings is 4. The largest absolute Gasteiger partial charge is 0.482 e. The molecule has 5 heteroatoms. The van der Waals surface area contributed by atoms with Gasteiger partial charge in [0.2, 0.25) is 5.89 Å². The third kappa shape index (κ3) is 4.70. The van der Waals surface area contributed by atoms with Gasteiger partial charge in [-0.25, -0.2) is 9.78 Å². The first-order chi connectivity index (χ1) is 17.1. The Kier molecular flexibility index (Phi) is 6.14. The summed E-state index contributed by atoms with van der Waals surface area (Å²) < 4.78 is 11.9.